The molecule has 0 spiro atoms. The van der Waals surface area contributed by atoms with E-state index in [1.165, 1.54) is 11.1 Å². The Balaban J connectivity index is 1.98. The van der Waals surface area contributed by atoms with E-state index in [1.807, 2.05) is 0 Å². The maximum atomic E-state index is 5.56. The van der Waals surface area contributed by atoms with E-state index in [2.05, 4.69) is 36.2 Å². The Bertz CT molecular complexity index is 387. The molecule has 2 N–H and O–H groups in total. The molecule has 1 atom stereocenters. The zero-order valence-corrected chi connectivity index (χ0v) is 9.65. The highest BCUT2D eigenvalue weighted by Gasteiger charge is 2.17. The van der Waals surface area contributed by atoms with Crippen molar-refractivity contribution in [1.29, 1.82) is 0 Å². The number of rotatable bonds is 4. The van der Waals surface area contributed by atoms with E-state index < -0.39 is 0 Å². The Hall–Kier alpha value is -1.35. The fourth-order valence-electron chi connectivity index (χ4n) is 1.90. The minimum atomic E-state index is 0.268. The maximum Gasteiger partial charge on any atom is 0.188 e. The van der Waals surface area contributed by atoms with Gasteiger partial charge in [-0.15, -0.1) is 0 Å². The molecule has 0 fully saturated rings. The summed E-state index contributed by atoms with van der Waals surface area (Å²) in [4.78, 5) is 4.52. The normalized spacial score (nSPS) is 19.4. The van der Waals surface area contributed by atoms with Gasteiger partial charge in [0.1, 0.15) is 6.61 Å². The Morgan fingerprint density at radius 3 is 3.12 bits per heavy atom. The van der Waals surface area contributed by atoms with Crippen molar-refractivity contribution in [3.8, 4) is 0 Å². The van der Waals surface area contributed by atoms with Gasteiger partial charge >= 0.3 is 0 Å². The van der Waals surface area contributed by atoms with Crippen LogP contribution in [-0.2, 0) is 11.2 Å². The van der Waals surface area contributed by atoms with Gasteiger partial charge in [0.05, 0.1) is 6.04 Å². The van der Waals surface area contributed by atoms with Gasteiger partial charge in [-0.25, -0.2) is 4.99 Å². The van der Waals surface area contributed by atoms with Gasteiger partial charge in [0.2, 0.25) is 0 Å². The molecule has 0 saturated carbocycles. The highest BCUT2D eigenvalue weighted by atomic mass is 16.5. The molecule has 0 saturated heterocycles. The molecule has 1 heterocycles. The third-order valence-corrected chi connectivity index (χ3v) is 2.71. The first-order chi connectivity index (χ1) is 7.78. The fraction of sp³-hybridized carbons (Fsp3) is 0.462. The minimum absolute atomic E-state index is 0.268. The average molecular weight is 218 g/mol. The highest BCUT2D eigenvalue weighted by molar-refractivity contribution is 5.80. The Labute approximate surface area is 96.3 Å². The summed E-state index contributed by atoms with van der Waals surface area (Å²) in [6, 6.07) is 8.71. The van der Waals surface area contributed by atoms with Crippen LogP contribution in [0.15, 0.2) is 29.3 Å². The van der Waals surface area contributed by atoms with Gasteiger partial charge in [-0.05, 0) is 25.5 Å². The summed E-state index contributed by atoms with van der Waals surface area (Å²) in [5, 5.41) is 0. The third-order valence-electron chi connectivity index (χ3n) is 2.71. The molecule has 2 rings (SSSR count). The van der Waals surface area contributed by atoms with E-state index in [0.717, 1.165) is 18.7 Å². The van der Waals surface area contributed by atoms with Crippen molar-refractivity contribution in [2.24, 2.45) is 10.7 Å². The molecule has 1 aromatic carbocycles. The number of nitrogens with zero attached hydrogens (tertiary/aromatic N) is 1. The van der Waals surface area contributed by atoms with E-state index in [9.17, 15) is 0 Å². The molecule has 16 heavy (non-hydrogen) atoms. The lowest BCUT2D eigenvalue weighted by atomic mass is 10.1. The van der Waals surface area contributed by atoms with Crippen LogP contribution in [0.4, 0.5) is 0 Å². The molecule has 0 amide bonds. The van der Waals surface area contributed by atoms with Crippen LogP contribution in [0.25, 0.3) is 0 Å². The lowest BCUT2D eigenvalue weighted by Crippen LogP contribution is -2.12. The van der Waals surface area contributed by atoms with Crippen molar-refractivity contribution >= 4 is 5.90 Å². The van der Waals surface area contributed by atoms with Crippen LogP contribution in [0.5, 0.6) is 0 Å². The van der Waals surface area contributed by atoms with Crippen molar-refractivity contribution in [3.63, 3.8) is 0 Å². The first kappa shape index (κ1) is 11.1. The van der Waals surface area contributed by atoms with Crippen LogP contribution < -0.4 is 5.73 Å². The van der Waals surface area contributed by atoms with Gasteiger partial charge in [0, 0.05) is 6.42 Å². The first-order valence-electron chi connectivity index (χ1n) is 5.73. The molecule has 3 nitrogen and oxygen atoms in total. The molecule has 1 unspecified atom stereocenters. The van der Waals surface area contributed by atoms with Crippen LogP contribution in [0.3, 0.4) is 0 Å². The van der Waals surface area contributed by atoms with Gasteiger partial charge in [0.25, 0.3) is 0 Å². The molecule has 0 radical (unpaired) electrons. The second-order valence-electron chi connectivity index (χ2n) is 4.23. The zero-order valence-electron chi connectivity index (χ0n) is 9.65. The summed E-state index contributed by atoms with van der Waals surface area (Å²) in [5.74, 6) is 0.851. The monoisotopic (exact) mass is 218 g/mol. The number of benzene rings is 1. The Kier molecular flexibility index (Phi) is 3.57. The van der Waals surface area contributed by atoms with Crippen LogP contribution in [0.2, 0.25) is 0 Å². The summed E-state index contributed by atoms with van der Waals surface area (Å²) in [6.45, 7) is 3.46. The summed E-state index contributed by atoms with van der Waals surface area (Å²) in [5.41, 5.74) is 8.03. The van der Waals surface area contributed by atoms with Crippen molar-refractivity contribution < 1.29 is 4.74 Å². The van der Waals surface area contributed by atoms with E-state index in [0.29, 0.717) is 13.2 Å². The number of nitrogens with two attached hydrogens (primary N) is 1. The number of aliphatic imine (C=N–C) groups is 1. The molecular weight excluding hydrogens is 200 g/mol. The summed E-state index contributed by atoms with van der Waals surface area (Å²) in [6.07, 6.45) is 1.71. The molecule has 1 aromatic rings. The zero-order chi connectivity index (χ0) is 11.4. The molecule has 0 bridgehead atoms. The quantitative estimate of drug-likeness (QED) is 0.836. The average Bonchev–Trinajstić information content (AvgIpc) is 2.66. The number of ether oxygens (including phenoxy) is 1. The largest absolute Gasteiger partial charge is 0.478 e. The summed E-state index contributed by atoms with van der Waals surface area (Å²) in [7, 11) is 0. The number of aryl methyl sites for hydroxylation is 1. The van der Waals surface area contributed by atoms with Crippen LogP contribution in [0, 0.1) is 6.92 Å². The first-order valence-corrected chi connectivity index (χ1v) is 5.73. The number of hydrogen-bond acceptors (Lipinski definition) is 3. The van der Waals surface area contributed by atoms with E-state index in [1.54, 1.807) is 0 Å². The van der Waals surface area contributed by atoms with Crippen molar-refractivity contribution in [2.75, 3.05) is 13.2 Å². The molecular formula is C13H18N2O. The molecule has 1 aliphatic rings. The van der Waals surface area contributed by atoms with Gasteiger partial charge in [-0.1, -0.05) is 29.8 Å². The molecule has 0 aromatic heterocycles. The molecule has 3 heteroatoms. The smallest absolute Gasteiger partial charge is 0.188 e. The van der Waals surface area contributed by atoms with Crippen LogP contribution >= 0.6 is 0 Å². The van der Waals surface area contributed by atoms with Gasteiger partial charge < -0.3 is 10.5 Å². The van der Waals surface area contributed by atoms with Gasteiger partial charge in [-0.3, -0.25) is 0 Å². The van der Waals surface area contributed by atoms with Gasteiger partial charge in [0.15, 0.2) is 5.90 Å². The van der Waals surface area contributed by atoms with Crippen LogP contribution in [0.1, 0.15) is 17.5 Å². The lowest BCUT2D eigenvalue weighted by molar-refractivity contribution is 0.307. The topological polar surface area (TPSA) is 47.6 Å². The standard InChI is InChI=1S/C13H18N2O/c1-10-3-2-4-11(7-10)8-13-15-12(5-6-14)9-16-13/h2-4,7,12H,5-6,8-9,14H2,1H3. The van der Waals surface area contributed by atoms with Crippen molar-refractivity contribution in [2.45, 2.75) is 25.8 Å². The second-order valence-corrected chi connectivity index (χ2v) is 4.23. The Morgan fingerprint density at radius 1 is 1.50 bits per heavy atom. The predicted molar refractivity (Wildman–Crippen MR) is 65.7 cm³/mol. The molecule has 1 aliphatic heterocycles. The number of hydrogen-bond donors (Lipinski definition) is 1. The lowest BCUT2D eigenvalue weighted by Gasteiger charge is -2.02. The van der Waals surface area contributed by atoms with E-state index >= 15 is 0 Å². The summed E-state index contributed by atoms with van der Waals surface area (Å²) < 4.78 is 5.56. The minimum Gasteiger partial charge on any atom is -0.478 e. The summed E-state index contributed by atoms with van der Waals surface area (Å²) >= 11 is 0. The second kappa shape index (κ2) is 5.12. The molecule has 0 aliphatic carbocycles. The maximum absolute atomic E-state index is 5.56. The Morgan fingerprint density at radius 2 is 2.38 bits per heavy atom. The van der Waals surface area contributed by atoms with Crippen LogP contribution in [-0.4, -0.2) is 25.1 Å². The van der Waals surface area contributed by atoms with E-state index in [4.69, 9.17) is 10.5 Å². The van der Waals surface area contributed by atoms with E-state index in [-0.39, 0.29) is 6.04 Å². The highest BCUT2D eigenvalue weighted by Crippen LogP contribution is 2.12. The fourth-order valence-corrected chi connectivity index (χ4v) is 1.90. The van der Waals surface area contributed by atoms with Crippen molar-refractivity contribution in [3.05, 3.63) is 35.4 Å². The van der Waals surface area contributed by atoms with Gasteiger partial charge in [-0.2, -0.15) is 0 Å². The third kappa shape index (κ3) is 2.83. The predicted octanol–water partition coefficient (Wildman–Crippen LogP) is 1.68. The molecule has 86 valence electrons. The van der Waals surface area contributed by atoms with Crippen molar-refractivity contribution in [1.82, 2.24) is 0 Å². The SMILES string of the molecule is Cc1cccc(CC2=NC(CCN)CO2)c1.